The van der Waals surface area contributed by atoms with E-state index in [1.54, 1.807) is 12.3 Å². The summed E-state index contributed by atoms with van der Waals surface area (Å²) in [7, 11) is -3.47. The van der Waals surface area contributed by atoms with E-state index in [4.69, 9.17) is 0 Å². The monoisotopic (exact) mass is 345 g/mol. The Kier molecular flexibility index (Phi) is 5.88. The molecule has 0 bridgehead atoms. The molecule has 0 unspecified atom stereocenters. The van der Waals surface area contributed by atoms with Crippen LogP contribution in [0.3, 0.4) is 0 Å². The van der Waals surface area contributed by atoms with Gasteiger partial charge < -0.3 is 5.32 Å². The van der Waals surface area contributed by atoms with Crippen LogP contribution in [0.5, 0.6) is 0 Å². The van der Waals surface area contributed by atoms with Gasteiger partial charge in [0.15, 0.2) is 0 Å². The minimum Gasteiger partial charge on any atom is -0.312 e. The lowest BCUT2D eigenvalue weighted by Gasteiger charge is -2.07. The van der Waals surface area contributed by atoms with Crippen LogP contribution in [0, 0.1) is 6.92 Å². The number of hydrogen-bond acceptors (Lipinski definition) is 6. The van der Waals surface area contributed by atoms with Crippen molar-refractivity contribution < 1.29 is 8.42 Å². The van der Waals surface area contributed by atoms with E-state index in [-0.39, 0.29) is 6.54 Å². The van der Waals surface area contributed by atoms with E-state index in [0.717, 1.165) is 27.7 Å². The van der Waals surface area contributed by atoms with Crippen LogP contribution in [-0.4, -0.2) is 19.9 Å². The highest BCUT2D eigenvalue weighted by Gasteiger charge is 2.19. The number of aromatic nitrogens is 1. The average molecular weight is 346 g/mol. The number of rotatable bonds is 8. The van der Waals surface area contributed by atoms with Gasteiger partial charge in [-0.05, 0) is 31.3 Å². The summed E-state index contributed by atoms with van der Waals surface area (Å²) in [5.41, 5.74) is 0. The second kappa shape index (κ2) is 7.46. The van der Waals surface area contributed by atoms with Crippen molar-refractivity contribution in [2.24, 2.45) is 0 Å². The first-order valence-electron chi connectivity index (χ1n) is 6.71. The van der Waals surface area contributed by atoms with Gasteiger partial charge in [-0.1, -0.05) is 6.92 Å². The highest BCUT2D eigenvalue weighted by Crippen LogP contribution is 2.22. The van der Waals surface area contributed by atoms with E-state index < -0.39 is 10.0 Å². The van der Waals surface area contributed by atoms with Crippen LogP contribution in [0.15, 0.2) is 22.5 Å². The molecule has 21 heavy (non-hydrogen) atoms. The Morgan fingerprint density at radius 1 is 1.33 bits per heavy atom. The SMILES string of the molecule is CCCNCc1sccc1S(=O)(=O)NCc1cnc(C)s1. The molecule has 5 nitrogen and oxygen atoms in total. The third kappa shape index (κ3) is 4.58. The first-order chi connectivity index (χ1) is 10.0. The van der Waals surface area contributed by atoms with Crippen LogP contribution in [-0.2, 0) is 23.1 Å². The van der Waals surface area contributed by atoms with Crippen molar-refractivity contribution in [3.8, 4) is 0 Å². The second-order valence-corrected chi connectivity index (χ2v) is 8.61. The van der Waals surface area contributed by atoms with Gasteiger partial charge in [-0.2, -0.15) is 0 Å². The number of sulfonamides is 1. The zero-order chi connectivity index (χ0) is 15.3. The van der Waals surface area contributed by atoms with E-state index >= 15 is 0 Å². The van der Waals surface area contributed by atoms with Gasteiger partial charge in [0.1, 0.15) is 0 Å². The lowest BCUT2D eigenvalue weighted by molar-refractivity contribution is 0.579. The molecule has 2 heterocycles. The molecule has 0 amide bonds. The molecule has 0 aliphatic heterocycles. The minimum absolute atomic E-state index is 0.283. The van der Waals surface area contributed by atoms with E-state index in [0.29, 0.717) is 11.4 Å². The highest BCUT2D eigenvalue weighted by molar-refractivity contribution is 7.89. The summed E-state index contributed by atoms with van der Waals surface area (Å²) < 4.78 is 27.4. The molecule has 0 aliphatic carbocycles. The summed E-state index contributed by atoms with van der Waals surface area (Å²) in [4.78, 5) is 6.25. The molecule has 8 heteroatoms. The summed E-state index contributed by atoms with van der Waals surface area (Å²) in [5, 5.41) is 5.99. The Balaban J connectivity index is 2.03. The summed E-state index contributed by atoms with van der Waals surface area (Å²) in [6, 6.07) is 1.66. The van der Waals surface area contributed by atoms with Gasteiger partial charge in [-0.25, -0.2) is 18.1 Å². The van der Waals surface area contributed by atoms with Crippen molar-refractivity contribution in [2.45, 2.75) is 38.3 Å². The molecule has 0 radical (unpaired) electrons. The lowest BCUT2D eigenvalue weighted by atomic mass is 10.4. The van der Waals surface area contributed by atoms with Gasteiger partial charge in [0.05, 0.1) is 9.90 Å². The molecule has 0 spiro atoms. The van der Waals surface area contributed by atoms with Crippen molar-refractivity contribution in [1.82, 2.24) is 15.0 Å². The standard InChI is InChI=1S/C13H19N3O2S3/c1-3-5-14-9-12-13(4-6-19-12)21(17,18)16-8-11-7-15-10(2)20-11/h4,6-7,14,16H,3,5,8-9H2,1-2H3. The van der Waals surface area contributed by atoms with Gasteiger partial charge in [-0.15, -0.1) is 22.7 Å². The maximum Gasteiger partial charge on any atom is 0.242 e. The molecule has 116 valence electrons. The van der Waals surface area contributed by atoms with Crippen LogP contribution in [0.2, 0.25) is 0 Å². The predicted molar refractivity (Wildman–Crippen MR) is 87.2 cm³/mol. The third-order valence-electron chi connectivity index (χ3n) is 2.81. The molecular weight excluding hydrogens is 326 g/mol. The number of aryl methyl sites for hydroxylation is 1. The first-order valence-corrected chi connectivity index (χ1v) is 9.89. The number of nitrogens with zero attached hydrogens (tertiary/aromatic N) is 1. The van der Waals surface area contributed by atoms with Crippen LogP contribution < -0.4 is 10.0 Å². The van der Waals surface area contributed by atoms with Crippen LogP contribution in [0.25, 0.3) is 0 Å². The van der Waals surface area contributed by atoms with E-state index in [1.807, 2.05) is 12.3 Å². The molecule has 2 rings (SSSR count). The molecule has 0 aromatic carbocycles. The normalized spacial score (nSPS) is 11.9. The van der Waals surface area contributed by atoms with Crippen LogP contribution >= 0.6 is 22.7 Å². The van der Waals surface area contributed by atoms with Crippen molar-refractivity contribution in [1.29, 1.82) is 0 Å². The van der Waals surface area contributed by atoms with Gasteiger partial charge in [-0.3, -0.25) is 0 Å². The largest absolute Gasteiger partial charge is 0.312 e. The quantitative estimate of drug-likeness (QED) is 0.721. The number of thiazole rings is 1. The molecule has 0 aliphatic rings. The topological polar surface area (TPSA) is 71.1 Å². The van der Waals surface area contributed by atoms with E-state index in [9.17, 15) is 8.42 Å². The fourth-order valence-electron chi connectivity index (χ4n) is 1.81. The molecular formula is C13H19N3O2S3. The summed E-state index contributed by atoms with van der Waals surface area (Å²) in [6.07, 6.45) is 2.73. The minimum atomic E-state index is -3.47. The molecule has 2 aromatic heterocycles. The summed E-state index contributed by atoms with van der Waals surface area (Å²) in [6.45, 7) is 5.73. The number of thiophene rings is 1. The van der Waals surface area contributed by atoms with Gasteiger partial charge in [0.25, 0.3) is 0 Å². The molecule has 0 fully saturated rings. The maximum absolute atomic E-state index is 12.4. The molecule has 0 saturated heterocycles. The van der Waals surface area contributed by atoms with Crippen molar-refractivity contribution in [3.05, 3.63) is 32.4 Å². The van der Waals surface area contributed by atoms with E-state index in [1.165, 1.54) is 22.7 Å². The van der Waals surface area contributed by atoms with Crippen LogP contribution in [0.1, 0.15) is 28.1 Å². The molecule has 0 saturated carbocycles. The Labute approximate surface area is 133 Å². The molecule has 2 N–H and O–H groups in total. The van der Waals surface area contributed by atoms with Gasteiger partial charge in [0.2, 0.25) is 10.0 Å². The average Bonchev–Trinajstić information content (AvgIpc) is 3.06. The Morgan fingerprint density at radius 2 is 2.14 bits per heavy atom. The number of hydrogen-bond donors (Lipinski definition) is 2. The zero-order valence-electron chi connectivity index (χ0n) is 12.0. The molecule has 2 aromatic rings. The van der Waals surface area contributed by atoms with Crippen molar-refractivity contribution in [3.63, 3.8) is 0 Å². The fraction of sp³-hybridized carbons (Fsp3) is 0.462. The summed E-state index contributed by atoms with van der Waals surface area (Å²) in [5.74, 6) is 0. The van der Waals surface area contributed by atoms with Gasteiger partial charge in [0, 0.05) is 29.0 Å². The molecule has 0 atom stereocenters. The number of nitrogens with one attached hydrogen (secondary N) is 2. The lowest BCUT2D eigenvalue weighted by Crippen LogP contribution is -2.24. The zero-order valence-corrected chi connectivity index (χ0v) is 14.5. The highest BCUT2D eigenvalue weighted by atomic mass is 32.2. The Morgan fingerprint density at radius 3 is 2.81 bits per heavy atom. The summed E-state index contributed by atoms with van der Waals surface area (Å²) >= 11 is 2.96. The van der Waals surface area contributed by atoms with Crippen LogP contribution in [0.4, 0.5) is 0 Å². The third-order valence-corrected chi connectivity index (χ3v) is 6.26. The maximum atomic E-state index is 12.4. The first kappa shape index (κ1) is 16.6. The second-order valence-electron chi connectivity index (χ2n) is 4.55. The van der Waals surface area contributed by atoms with Gasteiger partial charge >= 0.3 is 0 Å². The Hall–Kier alpha value is -0.800. The van der Waals surface area contributed by atoms with Crippen molar-refractivity contribution >= 4 is 32.7 Å². The smallest absolute Gasteiger partial charge is 0.242 e. The van der Waals surface area contributed by atoms with E-state index in [2.05, 4.69) is 21.9 Å². The fourth-order valence-corrected chi connectivity index (χ4v) is 5.05. The predicted octanol–water partition coefficient (Wildman–Crippen LogP) is 2.49. The van der Waals surface area contributed by atoms with Crippen molar-refractivity contribution in [2.75, 3.05) is 6.54 Å². The Bertz CT molecular complexity index is 676.